The van der Waals surface area contributed by atoms with Gasteiger partial charge in [-0.15, -0.1) is 0 Å². The predicted molar refractivity (Wildman–Crippen MR) is 129 cm³/mol. The van der Waals surface area contributed by atoms with Crippen LogP contribution < -0.4 is 11.1 Å². The predicted octanol–water partition coefficient (Wildman–Crippen LogP) is 5.44. The van der Waals surface area contributed by atoms with Crippen LogP contribution in [0.1, 0.15) is 29.9 Å². The molecule has 0 amide bonds. The average molecular weight is 443 g/mol. The van der Waals surface area contributed by atoms with Crippen LogP contribution in [0.4, 0.5) is 10.8 Å². The van der Waals surface area contributed by atoms with Crippen LogP contribution >= 0.6 is 11.3 Å². The maximum absolute atomic E-state index is 12.3. The minimum Gasteiger partial charge on any atom is -0.492 e. The molecule has 0 unspecified atom stereocenters. The molecule has 1 aliphatic heterocycles. The van der Waals surface area contributed by atoms with E-state index in [1.54, 1.807) is 25.3 Å². The highest BCUT2D eigenvalue weighted by molar-refractivity contribution is 7.17. The van der Waals surface area contributed by atoms with Crippen LogP contribution in [0.5, 0.6) is 5.88 Å². The Labute approximate surface area is 187 Å². The maximum atomic E-state index is 12.3. The lowest BCUT2D eigenvalue weighted by atomic mass is 10.0. The van der Waals surface area contributed by atoms with Crippen molar-refractivity contribution in [3.63, 3.8) is 0 Å². The Morgan fingerprint density at radius 3 is 2.78 bits per heavy atom. The Balaban J connectivity index is 1.44. The molecule has 0 fully saturated rings. The number of allylic oxidation sites excluding steroid dienone is 2. The number of anilines is 1. The third kappa shape index (κ3) is 3.50. The number of thiazole rings is 1. The molecule has 2 N–H and O–H groups in total. The SMILES string of the molecule is CC(=NNc1nc(O)c(/C(C)=C2\C=Nc3ccccc32)s1)c1cc2ccccc2oc1=O. The zero-order valence-electron chi connectivity index (χ0n) is 17.3. The lowest BCUT2D eigenvalue weighted by Gasteiger charge is -2.04. The van der Waals surface area contributed by atoms with E-state index in [0.29, 0.717) is 26.9 Å². The van der Waals surface area contributed by atoms with Gasteiger partial charge in [-0.25, -0.2) is 4.79 Å². The van der Waals surface area contributed by atoms with Crippen LogP contribution in [0, 0.1) is 0 Å². The summed E-state index contributed by atoms with van der Waals surface area (Å²) in [6.07, 6.45) is 1.80. The molecule has 0 bridgehead atoms. The molecular weight excluding hydrogens is 424 g/mol. The largest absolute Gasteiger partial charge is 0.492 e. The van der Waals surface area contributed by atoms with Crippen molar-refractivity contribution in [1.29, 1.82) is 0 Å². The summed E-state index contributed by atoms with van der Waals surface area (Å²) in [6, 6.07) is 16.9. The molecule has 0 saturated heterocycles. The van der Waals surface area contributed by atoms with E-state index in [1.165, 1.54) is 11.3 Å². The highest BCUT2D eigenvalue weighted by Crippen LogP contribution is 2.41. The van der Waals surface area contributed by atoms with Gasteiger partial charge in [0.1, 0.15) is 5.58 Å². The Kier molecular flexibility index (Phi) is 4.91. The minimum absolute atomic E-state index is 0.0849. The smallest absolute Gasteiger partial charge is 0.345 e. The van der Waals surface area contributed by atoms with Gasteiger partial charge in [-0.2, -0.15) is 10.1 Å². The Morgan fingerprint density at radius 1 is 1.12 bits per heavy atom. The molecule has 0 spiro atoms. The Hall–Kier alpha value is -4.04. The molecule has 7 nitrogen and oxygen atoms in total. The number of hydrogen-bond acceptors (Lipinski definition) is 8. The molecule has 2 aromatic heterocycles. The van der Waals surface area contributed by atoms with Crippen molar-refractivity contribution < 1.29 is 9.52 Å². The van der Waals surface area contributed by atoms with E-state index in [2.05, 4.69) is 20.5 Å². The van der Waals surface area contributed by atoms with Crippen LogP contribution in [-0.4, -0.2) is 22.0 Å². The van der Waals surface area contributed by atoms with E-state index < -0.39 is 5.63 Å². The summed E-state index contributed by atoms with van der Waals surface area (Å²) in [7, 11) is 0. The van der Waals surface area contributed by atoms with Crippen molar-refractivity contribution in [2.24, 2.45) is 10.1 Å². The molecule has 5 rings (SSSR count). The van der Waals surface area contributed by atoms with Crippen molar-refractivity contribution in [2.45, 2.75) is 13.8 Å². The summed E-state index contributed by atoms with van der Waals surface area (Å²) in [4.78, 5) is 21.6. The first kappa shape index (κ1) is 19.9. The molecule has 0 aliphatic carbocycles. The first-order valence-corrected chi connectivity index (χ1v) is 10.7. The van der Waals surface area contributed by atoms with Gasteiger partial charge in [-0.3, -0.25) is 10.4 Å². The van der Waals surface area contributed by atoms with Gasteiger partial charge in [0.2, 0.25) is 11.0 Å². The van der Waals surface area contributed by atoms with E-state index in [4.69, 9.17) is 4.42 Å². The van der Waals surface area contributed by atoms with Crippen molar-refractivity contribution >= 4 is 56.2 Å². The number of hydrogen-bond donors (Lipinski definition) is 2. The number of aliphatic imine (C=N–C) groups is 1. The molecule has 4 aromatic rings. The lowest BCUT2D eigenvalue weighted by molar-refractivity contribution is 0.456. The fraction of sp³-hybridized carbons (Fsp3) is 0.0833. The van der Waals surface area contributed by atoms with Crippen LogP contribution in [0.2, 0.25) is 0 Å². The first-order chi connectivity index (χ1) is 15.5. The van der Waals surface area contributed by atoms with E-state index >= 15 is 0 Å². The lowest BCUT2D eigenvalue weighted by Crippen LogP contribution is -2.13. The number of fused-ring (bicyclic) bond motifs is 2. The van der Waals surface area contributed by atoms with Crippen molar-refractivity contribution in [3.05, 3.63) is 81.0 Å². The van der Waals surface area contributed by atoms with Crippen molar-refractivity contribution in [1.82, 2.24) is 4.98 Å². The summed E-state index contributed by atoms with van der Waals surface area (Å²) in [5, 5.41) is 15.9. The van der Waals surface area contributed by atoms with E-state index in [9.17, 15) is 9.90 Å². The normalized spacial score (nSPS) is 14.6. The van der Waals surface area contributed by atoms with Gasteiger partial charge in [0, 0.05) is 22.7 Å². The molecule has 2 aromatic carbocycles. The van der Waals surface area contributed by atoms with Gasteiger partial charge < -0.3 is 9.52 Å². The van der Waals surface area contributed by atoms with Gasteiger partial charge in [-0.1, -0.05) is 47.7 Å². The number of benzene rings is 2. The fourth-order valence-electron chi connectivity index (χ4n) is 3.55. The van der Waals surface area contributed by atoms with Crippen LogP contribution in [0.3, 0.4) is 0 Å². The summed E-state index contributed by atoms with van der Waals surface area (Å²) in [6.45, 7) is 3.64. The molecule has 0 radical (unpaired) electrons. The second-order valence-electron chi connectivity index (χ2n) is 7.28. The molecule has 0 atom stereocenters. The number of aromatic hydroxyl groups is 1. The summed E-state index contributed by atoms with van der Waals surface area (Å²) in [5.74, 6) is -0.0849. The van der Waals surface area contributed by atoms with Crippen LogP contribution in [0.15, 0.2) is 73.9 Å². The number of hydrazone groups is 1. The van der Waals surface area contributed by atoms with Gasteiger partial charge >= 0.3 is 5.63 Å². The second-order valence-corrected chi connectivity index (χ2v) is 8.28. The third-order valence-corrected chi connectivity index (χ3v) is 6.30. The zero-order chi connectivity index (χ0) is 22.2. The quantitative estimate of drug-likeness (QED) is 0.249. The second kappa shape index (κ2) is 7.90. The summed E-state index contributed by atoms with van der Waals surface area (Å²) < 4.78 is 5.37. The van der Waals surface area contributed by atoms with Gasteiger partial charge in [0.05, 0.1) is 21.8 Å². The molecule has 1 aliphatic rings. The zero-order valence-corrected chi connectivity index (χ0v) is 18.1. The molecule has 158 valence electrons. The molecule has 0 saturated carbocycles. The Bertz CT molecular complexity index is 1510. The highest BCUT2D eigenvalue weighted by Gasteiger charge is 2.19. The number of nitrogens with one attached hydrogen (secondary N) is 1. The molecular formula is C24H18N4O3S. The minimum atomic E-state index is -0.464. The maximum Gasteiger partial charge on any atom is 0.345 e. The Morgan fingerprint density at radius 2 is 1.91 bits per heavy atom. The van der Waals surface area contributed by atoms with E-state index in [1.807, 2.05) is 49.4 Å². The van der Waals surface area contributed by atoms with E-state index in [0.717, 1.165) is 27.8 Å². The number of para-hydroxylation sites is 2. The first-order valence-electron chi connectivity index (χ1n) is 9.89. The molecule has 32 heavy (non-hydrogen) atoms. The van der Waals surface area contributed by atoms with Crippen molar-refractivity contribution in [3.8, 4) is 5.88 Å². The molecule has 3 heterocycles. The van der Waals surface area contributed by atoms with Gasteiger partial charge in [0.15, 0.2) is 0 Å². The fourth-order valence-corrected chi connectivity index (χ4v) is 4.37. The van der Waals surface area contributed by atoms with E-state index in [-0.39, 0.29) is 5.88 Å². The topological polar surface area (TPSA) is 100 Å². The number of aromatic nitrogens is 1. The number of nitrogens with zero attached hydrogens (tertiary/aromatic N) is 3. The summed E-state index contributed by atoms with van der Waals surface area (Å²) >= 11 is 1.27. The highest BCUT2D eigenvalue weighted by atomic mass is 32.1. The average Bonchev–Trinajstić information content (AvgIpc) is 3.40. The number of rotatable bonds is 4. The van der Waals surface area contributed by atoms with Crippen LogP contribution in [0.25, 0.3) is 22.1 Å². The standard InChI is InChI=1S/C24H18N4O3S/c1-13(18-12-25-19-9-5-4-8-16(18)19)21-22(29)26-24(32-21)28-27-14(2)17-11-15-7-3-6-10-20(15)31-23(17)30/h3-12,29H,1-2H3,(H,26,28)/b18-13+,27-14?. The van der Waals surface area contributed by atoms with Gasteiger partial charge in [-0.05, 0) is 37.6 Å². The van der Waals surface area contributed by atoms with Gasteiger partial charge in [0.25, 0.3) is 0 Å². The third-order valence-electron chi connectivity index (χ3n) is 5.23. The summed E-state index contributed by atoms with van der Waals surface area (Å²) in [5.41, 5.74) is 7.45. The molecule has 8 heteroatoms. The van der Waals surface area contributed by atoms with Crippen molar-refractivity contribution in [2.75, 3.05) is 5.43 Å². The van der Waals surface area contributed by atoms with Crippen LogP contribution in [-0.2, 0) is 0 Å². The monoisotopic (exact) mass is 442 g/mol.